The summed E-state index contributed by atoms with van der Waals surface area (Å²) in [7, 11) is 0. The van der Waals surface area contributed by atoms with E-state index < -0.39 is 12.8 Å². The molecule has 0 aliphatic carbocycles. The van der Waals surface area contributed by atoms with Crippen LogP contribution in [0.4, 0.5) is 13.2 Å². The highest BCUT2D eigenvalue weighted by Crippen LogP contribution is 2.29. The first kappa shape index (κ1) is 15.7. The second-order valence-corrected chi connectivity index (χ2v) is 5.06. The lowest BCUT2D eigenvalue weighted by Gasteiger charge is -2.29. The van der Waals surface area contributed by atoms with Crippen LogP contribution >= 0.6 is 0 Å². The first-order valence-corrected chi connectivity index (χ1v) is 5.42. The maximum absolute atomic E-state index is 11.7. The van der Waals surface area contributed by atoms with Crippen LogP contribution in [0.1, 0.15) is 33.6 Å². The zero-order valence-corrected chi connectivity index (χ0v) is 10.1. The zero-order valence-electron chi connectivity index (χ0n) is 10.1. The Bertz CT molecular complexity index is 185. The molecule has 0 aromatic heterocycles. The number of aliphatic hydroxyl groups excluding tert-OH is 1. The van der Waals surface area contributed by atoms with Gasteiger partial charge in [0.25, 0.3) is 0 Å². The average Bonchev–Trinajstić information content (AvgIpc) is 2.07. The minimum atomic E-state index is -4.25. The lowest BCUT2D eigenvalue weighted by atomic mass is 9.79. The summed E-state index contributed by atoms with van der Waals surface area (Å²) in [6.07, 6.45) is -3.03. The van der Waals surface area contributed by atoms with Crippen LogP contribution in [-0.4, -0.2) is 31.1 Å². The molecule has 0 fully saturated rings. The lowest BCUT2D eigenvalue weighted by Crippen LogP contribution is -2.24. The monoisotopic (exact) mass is 242 g/mol. The minimum Gasteiger partial charge on any atom is -0.396 e. The molecule has 0 aromatic rings. The third kappa shape index (κ3) is 7.93. The third-order valence-electron chi connectivity index (χ3n) is 2.55. The molecule has 0 rings (SSSR count). The van der Waals surface area contributed by atoms with E-state index in [1.165, 1.54) is 0 Å². The summed E-state index contributed by atoms with van der Waals surface area (Å²) in [5.74, 6) is 0.0991. The van der Waals surface area contributed by atoms with Crippen molar-refractivity contribution < 1.29 is 23.0 Å². The molecule has 0 saturated carbocycles. The fourth-order valence-corrected chi connectivity index (χ4v) is 1.42. The Morgan fingerprint density at radius 2 is 1.75 bits per heavy atom. The van der Waals surface area contributed by atoms with Crippen molar-refractivity contribution in [2.75, 3.05) is 19.8 Å². The number of hydrogen-bond acceptors (Lipinski definition) is 2. The van der Waals surface area contributed by atoms with Crippen molar-refractivity contribution >= 4 is 0 Å². The molecule has 0 bridgehead atoms. The summed E-state index contributed by atoms with van der Waals surface area (Å²) in [6, 6.07) is 0. The van der Waals surface area contributed by atoms with Gasteiger partial charge in [-0.25, -0.2) is 0 Å². The Hall–Kier alpha value is -0.290. The van der Waals surface area contributed by atoms with E-state index in [9.17, 15) is 13.2 Å². The van der Waals surface area contributed by atoms with Gasteiger partial charge in [0.05, 0.1) is 0 Å². The van der Waals surface area contributed by atoms with E-state index >= 15 is 0 Å². The maximum atomic E-state index is 11.7. The minimum absolute atomic E-state index is 0.0290. The normalized spacial score (nSPS) is 15.2. The van der Waals surface area contributed by atoms with Crippen LogP contribution in [0.3, 0.4) is 0 Å². The largest absolute Gasteiger partial charge is 0.411 e. The number of halogens is 3. The molecule has 0 aliphatic rings. The van der Waals surface area contributed by atoms with Crippen molar-refractivity contribution in [3.8, 4) is 0 Å². The summed E-state index contributed by atoms with van der Waals surface area (Å²) < 4.78 is 39.7. The summed E-state index contributed by atoms with van der Waals surface area (Å²) in [5, 5.41) is 9.13. The van der Waals surface area contributed by atoms with Gasteiger partial charge in [-0.05, 0) is 24.2 Å². The quantitative estimate of drug-likeness (QED) is 0.725. The van der Waals surface area contributed by atoms with Crippen LogP contribution in [0.2, 0.25) is 0 Å². The van der Waals surface area contributed by atoms with E-state index in [0.29, 0.717) is 12.8 Å². The van der Waals surface area contributed by atoms with Crippen molar-refractivity contribution in [3.63, 3.8) is 0 Å². The number of aliphatic hydroxyl groups is 1. The van der Waals surface area contributed by atoms with Gasteiger partial charge in [-0.2, -0.15) is 13.2 Å². The molecule has 0 amide bonds. The molecule has 0 radical (unpaired) electrons. The van der Waals surface area contributed by atoms with Gasteiger partial charge in [0.2, 0.25) is 0 Å². The lowest BCUT2D eigenvalue weighted by molar-refractivity contribution is -0.174. The second-order valence-electron chi connectivity index (χ2n) is 5.06. The molecular weight excluding hydrogens is 221 g/mol. The van der Waals surface area contributed by atoms with E-state index in [1.807, 2.05) is 20.8 Å². The number of hydrogen-bond donors (Lipinski definition) is 1. The molecular formula is C11H21F3O2. The zero-order chi connectivity index (χ0) is 12.8. The van der Waals surface area contributed by atoms with Gasteiger partial charge >= 0.3 is 6.18 Å². The van der Waals surface area contributed by atoms with Crippen molar-refractivity contribution in [3.05, 3.63) is 0 Å². The van der Waals surface area contributed by atoms with Crippen molar-refractivity contribution in [1.82, 2.24) is 0 Å². The smallest absolute Gasteiger partial charge is 0.396 e. The van der Waals surface area contributed by atoms with E-state index in [1.54, 1.807) is 0 Å². The molecule has 2 nitrogen and oxygen atoms in total. The number of alkyl halides is 3. The molecule has 0 heterocycles. The Balaban J connectivity index is 3.65. The molecule has 1 unspecified atom stereocenters. The highest BCUT2D eigenvalue weighted by molar-refractivity contribution is 4.73. The molecule has 0 aromatic carbocycles. The van der Waals surface area contributed by atoms with E-state index in [4.69, 9.17) is 5.11 Å². The summed E-state index contributed by atoms with van der Waals surface area (Å²) in [6.45, 7) is 4.97. The molecule has 0 saturated heterocycles. The Kier molecular flexibility index (Phi) is 6.33. The van der Waals surface area contributed by atoms with Crippen LogP contribution in [0.5, 0.6) is 0 Å². The third-order valence-corrected chi connectivity index (χ3v) is 2.55. The van der Waals surface area contributed by atoms with Gasteiger partial charge in [0.1, 0.15) is 6.61 Å². The molecule has 0 aliphatic heterocycles. The first-order valence-electron chi connectivity index (χ1n) is 5.42. The summed E-state index contributed by atoms with van der Waals surface area (Å²) in [5.41, 5.74) is -0.0290. The second kappa shape index (κ2) is 6.45. The molecule has 1 N–H and O–H groups in total. The van der Waals surface area contributed by atoms with Crippen LogP contribution in [-0.2, 0) is 4.74 Å². The fourth-order valence-electron chi connectivity index (χ4n) is 1.42. The summed E-state index contributed by atoms with van der Waals surface area (Å²) in [4.78, 5) is 0. The fraction of sp³-hybridized carbons (Fsp3) is 1.00. The predicted octanol–water partition coefficient (Wildman–Crippen LogP) is 3.00. The van der Waals surface area contributed by atoms with Gasteiger partial charge in [-0.15, -0.1) is 0 Å². The molecule has 98 valence electrons. The summed E-state index contributed by atoms with van der Waals surface area (Å²) >= 11 is 0. The van der Waals surface area contributed by atoms with Crippen molar-refractivity contribution in [1.29, 1.82) is 0 Å². The molecule has 1 atom stereocenters. The average molecular weight is 242 g/mol. The van der Waals surface area contributed by atoms with Crippen LogP contribution in [0.25, 0.3) is 0 Å². The SMILES string of the molecule is CC(C)(C)C(CO)CCCOCC(F)(F)F. The topological polar surface area (TPSA) is 29.5 Å². The standard InChI is InChI=1S/C11H21F3O2/c1-10(2,3)9(7-15)5-4-6-16-8-11(12,13)14/h9,15H,4-8H2,1-3H3. The first-order chi connectivity index (χ1) is 7.17. The van der Waals surface area contributed by atoms with Crippen LogP contribution in [0.15, 0.2) is 0 Å². The number of ether oxygens (including phenoxy) is 1. The van der Waals surface area contributed by atoms with E-state index in [2.05, 4.69) is 4.74 Å². The van der Waals surface area contributed by atoms with Gasteiger partial charge in [-0.3, -0.25) is 0 Å². The Morgan fingerprint density at radius 1 is 1.19 bits per heavy atom. The van der Waals surface area contributed by atoms with Gasteiger partial charge in [-0.1, -0.05) is 20.8 Å². The van der Waals surface area contributed by atoms with Gasteiger partial charge < -0.3 is 9.84 Å². The van der Waals surface area contributed by atoms with Gasteiger partial charge in [0, 0.05) is 13.2 Å². The Labute approximate surface area is 94.8 Å². The number of rotatable bonds is 6. The molecule has 0 spiro atoms. The highest BCUT2D eigenvalue weighted by atomic mass is 19.4. The molecule has 16 heavy (non-hydrogen) atoms. The van der Waals surface area contributed by atoms with E-state index in [-0.39, 0.29) is 24.5 Å². The highest BCUT2D eigenvalue weighted by Gasteiger charge is 2.27. The van der Waals surface area contributed by atoms with Gasteiger partial charge in [0.15, 0.2) is 0 Å². The molecule has 5 heteroatoms. The maximum Gasteiger partial charge on any atom is 0.411 e. The Morgan fingerprint density at radius 3 is 2.12 bits per heavy atom. The van der Waals surface area contributed by atoms with Crippen LogP contribution < -0.4 is 0 Å². The van der Waals surface area contributed by atoms with Crippen molar-refractivity contribution in [2.45, 2.75) is 39.8 Å². The predicted molar refractivity (Wildman–Crippen MR) is 56.1 cm³/mol. The van der Waals surface area contributed by atoms with Crippen LogP contribution in [0, 0.1) is 11.3 Å². The van der Waals surface area contributed by atoms with Crippen molar-refractivity contribution in [2.24, 2.45) is 11.3 Å². The van der Waals surface area contributed by atoms with E-state index in [0.717, 1.165) is 0 Å².